The number of rotatable bonds is 4. The highest BCUT2D eigenvalue weighted by Crippen LogP contribution is 2.35. The summed E-state index contributed by atoms with van der Waals surface area (Å²) in [4.78, 5) is 13.6. The summed E-state index contributed by atoms with van der Waals surface area (Å²) in [5.41, 5.74) is 0.662. The number of carbonyl (C=O) groups is 1. The number of aryl methyl sites for hydroxylation is 1. The van der Waals surface area contributed by atoms with E-state index in [1.54, 1.807) is 6.26 Å². The fourth-order valence-corrected chi connectivity index (χ4v) is 2.63. The lowest BCUT2D eigenvalue weighted by atomic mass is 9.76. The van der Waals surface area contributed by atoms with Crippen LogP contribution in [0.4, 0.5) is 0 Å². The summed E-state index contributed by atoms with van der Waals surface area (Å²) in [6, 6.07) is 1.97. The lowest BCUT2D eigenvalue weighted by molar-refractivity contribution is -0.152. The van der Waals surface area contributed by atoms with E-state index in [1.807, 2.05) is 19.9 Å². The molecule has 0 unspecified atom stereocenters. The summed E-state index contributed by atoms with van der Waals surface area (Å²) in [7, 11) is 0. The number of carboxylic acid groups (broad SMARTS) is 1. The van der Waals surface area contributed by atoms with Gasteiger partial charge in [0.2, 0.25) is 0 Å². The van der Waals surface area contributed by atoms with Crippen LogP contribution in [0.1, 0.15) is 37.5 Å². The fraction of sp³-hybridized carbons (Fsp3) is 0.643. The lowest BCUT2D eigenvalue weighted by Gasteiger charge is -2.38. The van der Waals surface area contributed by atoms with Gasteiger partial charge in [-0.05, 0) is 50.9 Å². The lowest BCUT2D eigenvalue weighted by Crippen LogP contribution is -2.43. The molecule has 0 radical (unpaired) electrons. The standard InChI is InChI=1S/C14H21NO3/c1-3-14(13(16)17)5-7-15(8-6-14)10-12-11(2)4-9-18-12/h4,9H,3,5-8,10H2,1-2H3,(H,16,17). The zero-order valence-corrected chi connectivity index (χ0v) is 11.1. The number of nitrogens with zero attached hydrogens (tertiary/aromatic N) is 1. The fourth-order valence-electron chi connectivity index (χ4n) is 2.63. The van der Waals surface area contributed by atoms with Crippen molar-refractivity contribution in [3.05, 3.63) is 23.7 Å². The minimum atomic E-state index is -0.640. The van der Waals surface area contributed by atoms with Crippen LogP contribution in [-0.2, 0) is 11.3 Å². The molecule has 4 nitrogen and oxygen atoms in total. The first-order chi connectivity index (χ1) is 8.57. The van der Waals surface area contributed by atoms with Gasteiger partial charge in [0.1, 0.15) is 5.76 Å². The summed E-state index contributed by atoms with van der Waals surface area (Å²) < 4.78 is 5.43. The first-order valence-corrected chi connectivity index (χ1v) is 6.56. The van der Waals surface area contributed by atoms with Gasteiger partial charge in [-0.3, -0.25) is 9.69 Å². The number of hydrogen-bond donors (Lipinski definition) is 1. The highest BCUT2D eigenvalue weighted by Gasteiger charge is 2.39. The van der Waals surface area contributed by atoms with Crippen molar-refractivity contribution in [2.24, 2.45) is 5.41 Å². The van der Waals surface area contributed by atoms with E-state index in [-0.39, 0.29) is 0 Å². The van der Waals surface area contributed by atoms with Crippen LogP contribution in [0, 0.1) is 12.3 Å². The van der Waals surface area contributed by atoms with Crippen molar-refractivity contribution in [1.29, 1.82) is 0 Å². The van der Waals surface area contributed by atoms with Gasteiger partial charge in [-0.2, -0.15) is 0 Å². The Morgan fingerprint density at radius 3 is 2.61 bits per heavy atom. The van der Waals surface area contributed by atoms with Crippen LogP contribution < -0.4 is 0 Å². The van der Waals surface area contributed by atoms with Crippen LogP contribution in [-0.4, -0.2) is 29.1 Å². The maximum Gasteiger partial charge on any atom is 0.309 e. The second-order valence-electron chi connectivity index (χ2n) is 5.24. The van der Waals surface area contributed by atoms with Gasteiger partial charge in [-0.1, -0.05) is 6.92 Å². The highest BCUT2D eigenvalue weighted by atomic mass is 16.4. The molecule has 0 bridgehead atoms. The number of piperidine rings is 1. The molecule has 1 fully saturated rings. The molecule has 0 aromatic carbocycles. The number of furan rings is 1. The molecule has 0 aliphatic carbocycles. The normalized spacial score (nSPS) is 19.9. The van der Waals surface area contributed by atoms with Crippen LogP contribution >= 0.6 is 0 Å². The predicted octanol–water partition coefficient (Wildman–Crippen LogP) is 2.66. The molecule has 0 spiro atoms. The molecule has 100 valence electrons. The quantitative estimate of drug-likeness (QED) is 0.893. The van der Waals surface area contributed by atoms with E-state index in [1.165, 1.54) is 5.56 Å². The monoisotopic (exact) mass is 251 g/mol. The molecule has 1 saturated heterocycles. The molecule has 18 heavy (non-hydrogen) atoms. The Balaban J connectivity index is 1.94. The molecular formula is C14H21NO3. The van der Waals surface area contributed by atoms with Crippen molar-refractivity contribution in [2.45, 2.75) is 39.7 Å². The highest BCUT2D eigenvalue weighted by molar-refractivity contribution is 5.74. The van der Waals surface area contributed by atoms with Crippen molar-refractivity contribution >= 4 is 5.97 Å². The Morgan fingerprint density at radius 1 is 1.50 bits per heavy atom. The topological polar surface area (TPSA) is 53.7 Å². The minimum absolute atomic E-state index is 0.505. The van der Waals surface area contributed by atoms with Gasteiger partial charge in [0, 0.05) is 0 Å². The maximum atomic E-state index is 11.3. The van der Waals surface area contributed by atoms with Gasteiger partial charge in [0.05, 0.1) is 18.2 Å². The number of likely N-dealkylation sites (tertiary alicyclic amines) is 1. The Hall–Kier alpha value is -1.29. The van der Waals surface area contributed by atoms with E-state index in [9.17, 15) is 9.90 Å². The van der Waals surface area contributed by atoms with Crippen molar-refractivity contribution < 1.29 is 14.3 Å². The number of hydrogen-bond acceptors (Lipinski definition) is 3. The molecule has 2 heterocycles. The Labute approximate surface area is 108 Å². The van der Waals surface area contributed by atoms with Gasteiger partial charge < -0.3 is 9.52 Å². The number of aliphatic carboxylic acids is 1. The van der Waals surface area contributed by atoms with Crippen LogP contribution in [0.2, 0.25) is 0 Å². The van der Waals surface area contributed by atoms with Crippen molar-refractivity contribution in [2.75, 3.05) is 13.1 Å². The first kappa shape index (κ1) is 13.1. The predicted molar refractivity (Wildman–Crippen MR) is 68.3 cm³/mol. The molecule has 2 rings (SSSR count). The maximum absolute atomic E-state index is 11.3. The Kier molecular flexibility index (Phi) is 3.76. The average molecular weight is 251 g/mol. The molecule has 1 aromatic heterocycles. The van der Waals surface area contributed by atoms with E-state index >= 15 is 0 Å². The van der Waals surface area contributed by atoms with Crippen LogP contribution in [0.15, 0.2) is 16.7 Å². The van der Waals surface area contributed by atoms with E-state index < -0.39 is 11.4 Å². The van der Waals surface area contributed by atoms with Gasteiger partial charge in [0.25, 0.3) is 0 Å². The summed E-state index contributed by atoms with van der Waals surface area (Å²) in [5.74, 6) is 0.355. The van der Waals surface area contributed by atoms with E-state index in [0.717, 1.165) is 44.7 Å². The van der Waals surface area contributed by atoms with Crippen molar-refractivity contribution in [3.8, 4) is 0 Å². The molecule has 1 aromatic rings. The number of carboxylic acids is 1. The third-order valence-corrected chi connectivity index (χ3v) is 4.28. The summed E-state index contributed by atoms with van der Waals surface area (Å²) in [6.07, 6.45) is 3.90. The summed E-state index contributed by atoms with van der Waals surface area (Å²) in [5, 5.41) is 9.34. The average Bonchev–Trinajstić information content (AvgIpc) is 2.76. The van der Waals surface area contributed by atoms with Crippen molar-refractivity contribution in [1.82, 2.24) is 4.90 Å². The molecular weight excluding hydrogens is 230 g/mol. The molecule has 1 aliphatic heterocycles. The van der Waals surface area contributed by atoms with Crippen LogP contribution in [0.25, 0.3) is 0 Å². The van der Waals surface area contributed by atoms with Crippen LogP contribution in [0.5, 0.6) is 0 Å². The summed E-state index contributed by atoms with van der Waals surface area (Å²) >= 11 is 0. The van der Waals surface area contributed by atoms with Gasteiger partial charge in [-0.25, -0.2) is 0 Å². The van der Waals surface area contributed by atoms with E-state index in [0.29, 0.717) is 0 Å². The third-order valence-electron chi connectivity index (χ3n) is 4.28. The second-order valence-corrected chi connectivity index (χ2v) is 5.24. The minimum Gasteiger partial charge on any atom is -0.481 e. The first-order valence-electron chi connectivity index (χ1n) is 6.56. The smallest absolute Gasteiger partial charge is 0.309 e. The SMILES string of the molecule is CCC1(C(=O)O)CCN(Cc2occc2C)CC1. The van der Waals surface area contributed by atoms with Gasteiger partial charge in [-0.15, -0.1) is 0 Å². The molecule has 1 aliphatic rings. The zero-order valence-electron chi connectivity index (χ0n) is 11.1. The Bertz CT molecular complexity index is 416. The van der Waals surface area contributed by atoms with Crippen molar-refractivity contribution in [3.63, 3.8) is 0 Å². The zero-order chi connectivity index (χ0) is 13.2. The molecule has 4 heteroatoms. The van der Waals surface area contributed by atoms with Gasteiger partial charge >= 0.3 is 5.97 Å². The molecule has 1 N–H and O–H groups in total. The van der Waals surface area contributed by atoms with E-state index in [4.69, 9.17) is 4.42 Å². The molecule has 0 saturated carbocycles. The Morgan fingerprint density at radius 2 is 2.17 bits per heavy atom. The summed E-state index contributed by atoms with van der Waals surface area (Å²) in [6.45, 7) is 6.47. The van der Waals surface area contributed by atoms with Crippen LogP contribution in [0.3, 0.4) is 0 Å². The van der Waals surface area contributed by atoms with E-state index in [2.05, 4.69) is 4.90 Å². The molecule has 0 amide bonds. The largest absolute Gasteiger partial charge is 0.481 e. The van der Waals surface area contributed by atoms with Gasteiger partial charge in [0.15, 0.2) is 0 Å². The second kappa shape index (κ2) is 5.14. The third kappa shape index (κ3) is 2.43. The molecule has 0 atom stereocenters.